The number of amides is 1. The van der Waals surface area contributed by atoms with Crippen LogP contribution in [0.3, 0.4) is 0 Å². The molecule has 21 heavy (non-hydrogen) atoms. The van der Waals surface area contributed by atoms with Crippen LogP contribution in [0.1, 0.15) is 6.92 Å². The van der Waals surface area contributed by atoms with Gasteiger partial charge in [0, 0.05) is 18.9 Å². The van der Waals surface area contributed by atoms with Crippen molar-refractivity contribution in [3.05, 3.63) is 48.5 Å². The van der Waals surface area contributed by atoms with Crippen LogP contribution in [-0.2, 0) is 14.6 Å². The summed E-state index contributed by atoms with van der Waals surface area (Å²) in [5.41, 5.74) is 7.30. The Balaban J connectivity index is 2.55. The number of sulfone groups is 1. The smallest absolute Gasteiger partial charge is 0.228 e. The Labute approximate surface area is 123 Å². The number of carbonyl (C=O) groups is 1. The number of carbonyl (C=O) groups excluding carboxylic acids is 1. The second-order valence-electron chi connectivity index (χ2n) is 4.68. The number of rotatable bonds is 3. The lowest BCUT2D eigenvalue weighted by Gasteiger charge is -2.23. The summed E-state index contributed by atoms with van der Waals surface area (Å²) in [5, 5.41) is 0. The average molecular weight is 304 g/mol. The van der Waals surface area contributed by atoms with E-state index in [2.05, 4.69) is 0 Å². The molecule has 1 amide bonds. The average Bonchev–Trinajstić information content (AvgIpc) is 2.40. The lowest BCUT2D eigenvalue weighted by Crippen LogP contribution is -2.23. The van der Waals surface area contributed by atoms with Crippen molar-refractivity contribution in [3.8, 4) is 0 Å². The molecule has 0 heterocycles. The van der Waals surface area contributed by atoms with Crippen molar-refractivity contribution in [1.82, 2.24) is 0 Å². The predicted octanol–water partition coefficient (Wildman–Crippen LogP) is 2.36. The molecule has 0 aliphatic heterocycles. The number of para-hydroxylation sites is 1. The van der Waals surface area contributed by atoms with Gasteiger partial charge in [-0.25, -0.2) is 8.42 Å². The largest absolute Gasteiger partial charge is 0.397 e. The molecule has 0 spiro atoms. The number of anilines is 3. The van der Waals surface area contributed by atoms with Crippen molar-refractivity contribution in [3.63, 3.8) is 0 Å². The Morgan fingerprint density at radius 3 is 2.19 bits per heavy atom. The van der Waals surface area contributed by atoms with E-state index in [0.717, 1.165) is 6.26 Å². The van der Waals surface area contributed by atoms with Gasteiger partial charge in [0.2, 0.25) is 5.91 Å². The molecule has 0 atom stereocenters. The topological polar surface area (TPSA) is 80.5 Å². The van der Waals surface area contributed by atoms with Gasteiger partial charge < -0.3 is 5.73 Å². The molecule has 0 saturated carbocycles. The zero-order valence-corrected chi connectivity index (χ0v) is 12.6. The lowest BCUT2D eigenvalue weighted by molar-refractivity contribution is -0.115. The van der Waals surface area contributed by atoms with E-state index in [9.17, 15) is 13.2 Å². The molecule has 2 N–H and O–H groups in total. The van der Waals surface area contributed by atoms with E-state index in [1.807, 2.05) is 18.2 Å². The van der Waals surface area contributed by atoms with Crippen LogP contribution in [-0.4, -0.2) is 20.6 Å². The highest BCUT2D eigenvalue weighted by atomic mass is 32.2. The van der Waals surface area contributed by atoms with Crippen LogP contribution in [0.5, 0.6) is 0 Å². The molecule has 6 heteroatoms. The van der Waals surface area contributed by atoms with E-state index in [4.69, 9.17) is 5.73 Å². The van der Waals surface area contributed by atoms with Gasteiger partial charge in [-0.1, -0.05) is 18.2 Å². The van der Waals surface area contributed by atoms with Gasteiger partial charge in [-0.3, -0.25) is 9.69 Å². The predicted molar refractivity (Wildman–Crippen MR) is 83.2 cm³/mol. The van der Waals surface area contributed by atoms with Gasteiger partial charge in [-0.2, -0.15) is 0 Å². The lowest BCUT2D eigenvalue weighted by atomic mass is 10.2. The maximum Gasteiger partial charge on any atom is 0.228 e. The first-order valence-corrected chi connectivity index (χ1v) is 8.15. The van der Waals surface area contributed by atoms with Gasteiger partial charge in [-0.15, -0.1) is 0 Å². The standard InChI is InChI=1S/C15H16N2O3S/c1-11(18)17(12-6-4-3-5-7-12)15-9-8-13(10-14(15)16)21(2,19)20/h3-10H,16H2,1-2H3. The van der Waals surface area contributed by atoms with Crippen LogP contribution < -0.4 is 10.6 Å². The molecule has 0 aliphatic carbocycles. The van der Waals surface area contributed by atoms with E-state index in [0.29, 0.717) is 11.4 Å². The molecular weight excluding hydrogens is 288 g/mol. The first-order chi connectivity index (χ1) is 9.80. The van der Waals surface area contributed by atoms with E-state index < -0.39 is 9.84 Å². The van der Waals surface area contributed by atoms with Gasteiger partial charge in [0.05, 0.1) is 16.3 Å². The van der Waals surface area contributed by atoms with Gasteiger partial charge in [0.25, 0.3) is 0 Å². The molecule has 2 rings (SSSR count). The minimum Gasteiger partial charge on any atom is -0.397 e. The highest BCUT2D eigenvalue weighted by Crippen LogP contribution is 2.32. The molecule has 0 fully saturated rings. The van der Waals surface area contributed by atoms with Crippen LogP contribution in [0.15, 0.2) is 53.4 Å². The van der Waals surface area contributed by atoms with Crippen molar-refractivity contribution >= 4 is 32.8 Å². The summed E-state index contributed by atoms with van der Waals surface area (Å²) in [6.07, 6.45) is 1.11. The fourth-order valence-corrected chi connectivity index (χ4v) is 2.69. The highest BCUT2D eigenvalue weighted by molar-refractivity contribution is 7.90. The van der Waals surface area contributed by atoms with E-state index in [-0.39, 0.29) is 16.5 Å². The number of hydrogen-bond acceptors (Lipinski definition) is 4. The van der Waals surface area contributed by atoms with Crippen LogP contribution in [0, 0.1) is 0 Å². The molecular formula is C15H16N2O3S. The first-order valence-electron chi connectivity index (χ1n) is 6.26. The third-order valence-electron chi connectivity index (χ3n) is 3.00. The second-order valence-corrected chi connectivity index (χ2v) is 6.70. The minimum absolute atomic E-state index is 0.125. The second kappa shape index (κ2) is 5.57. The number of nitrogen functional groups attached to an aromatic ring is 1. The molecule has 110 valence electrons. The first kappa shape index (κ1) is 15.1. The number of hydrogen-bond donors (Lipinski definition) is 1. The van der Waals surface area contributed by atoms with Crippen molar-refractivity contribution in [2.24, 2.45) is 0 Å². The molecule has 0 unspecified atom stereocenters. The van der Waals surface area contributed by atoms with Crippen molar-refractivity contribution < 1.29 is 13.2 Å². The molecule has 0 aromatic heterocycles. The quantitative estimate of drug-likeness (QED) is 0.883. The van der Waals surface area contributed by atoms with Gasteiger partial charge in [0.15, 0.2) is 9.84 Å². The molecule has 2 aromatic rings. The SMILES string of the molecule is CC(=O)N(c1ccccc1)c1ccc(S(C)(=O)=O)cc1N. The Bertz CT molecular complexity index is 771. The van der Waals surface area contributed by atoms with Crippen molar-refractivity contribution in [2.45, 2.75) is 11.8 Å². The normalized spacial score (nSPS) is 11.1. The highest BCUT2D eigenvalue weighted by Gasteiger charge is 2.18. The number of benzene rings is 2. The van der Waals surface area contributed by atoms with Gasteiger partial charge >= 0.3 is 0 Å². The molecule has 0 bridgehead atoms. The summed E-state index contributed by atoms with van der Waals surface area (Å²) < 4.78 is 23.1. The third-order valence-corrected chi connectivity index (χ3v) is 4.11. The number of nitrogens with zero attached hydrogens (tertiary/aromatic N) is 1. The molecule has 0 radical (unpaired) electrons. The Hall–Kier alpha value is -2.34. The monoisotopic (exact) mass is 304 g/mol. The Morgan fingerprint density at radius 1 is 1.10 bits per heavy atom. The van der Waals surface area contributed by atoms with Gasteiger partial charge in [-0.05, 0) is 30.3 Å². The fraction of sp³-hybridized carbons (Fsp3) is 0.133. The van der Waals surface area contributed by atoms with Gasteiger partial charge in [0.1, 0.15) is 0 Å². The maximum absolute atomic E-state index is 11.9. The molecule has 2 aromatic carbocycles. The van der Waals surface area contributed by atoms with Crippen LogP contribution in [0.2, 0.25) is 0 Å². The molecule has 0 saturated heterocycles. The summed E-state index contributed by atoms with van der Waals surface area (Å²) in [6, 6.07) is 13.4. The molecule has 0 aliphatic rings. The maximum atomic E-state index is 11.9. The third kappa shape index (κ3) is 3.22. The van der Waals surface area contributed by atoms with Crippen molar-refractivity contribution in [2.75, 3.05) is 16.9 Å². The summed E-state index contributed by atoms with van der Waals surface area (Å²) in [4.78, 5) is 13.5. The van der Waals surface area contributed by atoms with E-state index in [1.165, 1.54) is 24.0 Å². The zero-order valence-electron chi connectivity index (χ0n) is 11.8. The minimum atomic E-state index is -3.34. The van der Waals surface area contributed by atoms with Crippen LogP contribution in [0.25, 0.3) is 0 Å². The van der Waals surface area contributed by atoms with E-state index in [1.54, 1.807) is 18.2 Å². The van der Waals surface area contributed by atoms with Crippen LogP contribution in [0.4, 0.5) is 17.1 Å². The fourth-order valence-electron chi connectivity index (χ4n) is 2.03. The van der Waals surface area contributed by atoms with Crippen molar-refractivity contribution in [1.29, 1.82) is 0 Å². The Kier molecular flexibility index (Phi) is 3.99. The summed E-state index contributed by atoms with van der Waals surface area (Å²) in [7, 11) is -3.34. The Morgan fingerprint density at radius 2 is 1.71 bits per heavy atom. The number of nitrogens with two attached hydrogens (primary N) is 1. The molecule has 5 nitrogen and oxygen atoms in total. The van der Waals surface area contributed by atoms with Crippen LogP contribution >= 0.6 is 0 Å². The zero-order chi connectivity index (χ0) is 15.6. The summed E-state index contributed by atoms with van der Waals surface area (Å²) in [6.45, 7) is 1.43. The summed E-state index contributed by atoms with van der Waals surface area (Å²) >= 11 is 0. The van der Waals surface area contributed by atoms with E-state index >= 15 is 0 Å². The summed E-state index contributed by atoms with van der Waals surface area (Å²) in [5.74, 6) is -0.208.